The molecule has 0 spiro atoms. The van der Waals surface area contributed by atoms with E-state index in [1.165, 1.54) is 12.1 Å². The maximum Gasteiger partial charge on any atom is 0.260 e. The molecule has 0 radical (unpaired) electrons. The summed E-state index contributed by atoms with van der Waals surface area (Å²) in [5.41, 5.74) is 11.6. The van der Waals surface area contributed by atoms with Crippen molar-refractivity contribution in [2.75, 3.05) is 18.9 Å². The first-order valence-corrected chi connectivity index (χ1v) is 6.64. The van der Waals surface area contributed by atoms with Gasteiger partial charge in [0.15, 0.2) is 6.61 Å². The summed E-state index contributed by atoms with van der Waals surface area (Å²) in [5, 5.41) is 0. The van der Waals surface area contributed by atoms with Gasteiger partial charge in [-0.2, -0.15) is 0 Å². The van der Waals surface area contributed by atoms with Crippen LogP contribution in [0.25, 0.3) is 0 Å². The Bertz CT molecular complexity index is 526. The van der Waals surface area contributed by atoms with Gasteiger partial charge in [0, 0.05) is 24.3 Å². The molecule has 6 heteroatoms. The molecule has 0 unspecified atom stereocenters. The monoisotopic (exact) mass is 277 g/mol. The average Bonchev–Trinajstić information content (AvgIpc) is 3.21. The summed E-state index contributed by atoms with van der Waals surface area (Å²) in [6, 6.07) is 4.90. The van der Waals surface area contributed by atoms with Gasteiger partial charge in [-0.3, -0.25) is 9.59 Å². The van der Waals surface area contributed by atoms with Crippen LogP contribution in [0, 0.1) is 0 Å². The van der Waals surface area contributed by atoms with Crippen molar-refractivity contribution in [1.29, 1.82) is 0 Å². The van der Waals surface area contributed by atoms with Crippen LogP contribution in [0.4, 0.5) is 5.69 Å². The van der Waals surface area contributed by atoms with E-state index in [1.54, 1.807) is 11.0 Å². The number of nitrogens with zero attached hydrogens (tertiary/aromatic N) is 1. The number of primary amides is 1. The molecule has 6 nitrogen and oxygen atoms in total. The van der Waals surface area contributed by atoms with Crippen molar-refractivity contribution in [2.24, 2.45) is 5.73 Å². The highest BCUT2D eigenvalue weighted by Crippen LogP contribution is 2.27. The first kappa shape index (κ1) is 14.2. The minimum Gasteiger partial charge on any atom is -0.483 e. The molecular formula is C14H19N3O3. The standard InChI is InChI=1S/C14H19N3O3/c1-2-17(10-4-5-10)13(18)8-20-12-7-9(15)3-6-11(12)14(16)19/h3,6-7,10H,2,4-5,8,15H2,1H3,(H2,16,19). The Balaban J connectivity index is 2.04. The topological polar surface area (TPSA) is 98.7 Å². The number of likely N-dealkylation sites (N-methyl/N-ethyl adjacent to an activating group) is 1. The van der Waals surface area contributed by atoms with Crippen LogP contribution in [0.2, 0.25) is 0 Å². The van der Waals surface area contributed by atoms with E-state index in [1.807, 2.05) is 6.92 Å². The first-order chi connectivity index (χ1) is 9.52. The Morgan fingerprint density at radius 1 is 1.40 bits per heavy atom. The molecule has 1 aliphatic carbocycles. The van der Waals surface area contributed by atoms with Gasteiger partial charge in [0.25, 0.3) is 11.8 Å². The Morgan fingerprint density at radius 3 is 2.65 bits per heavy atom. The fourth-order valence-electron chi connectivity index (χ4n) is 2.11. The van der Waals surface area contributed by atoms with Crippen LogP contribution in [0.3, 0.4) is 0 Å². The summed E-state index contributed by atoms with van der Waals surface area (Å²) in [7, 11) is 0. The maximum atomic E-state index is 12.0. The smallest absolute Gasteiger partial charge is 0.260 e. The number of benzene rings is 1. The second-order valence-electron chi connectivity index (χ2n) is 4.82. The Hall–Kier alpha value is -2.24. The number of hydrogen-bond acceptors (Lipinski definition) is 4. The molecule has 1 aromatic carbocycles. The molecule has 0 bridgehead atoms. The Morgan fingerprint density at radius 2 is 2.10 bits per heavy atom. The second kappa shape index (κ2) is 5.81. The van der Waals surface area contributed by atoms with Gasteiger partial charge < -0.3 is 21.1 Å². The van der Waals surface area contributed by atoms with Gasteiger partial charge >= 0.3 is 0 Å². The molecule has 4 N–H and O–H groups in total. The minimum atomic E-state index is -0.609. The normalized spacial score (nSPS) is 13.8. The highest BCUT2D eigenvalue weighted by molar-refractivity contribution is 5.96. The van der Waals surface area contributed by atoms with Crippen molar-refractivity contribution in [1.82, 2.24) is 4.90 Å². The van der Waals surface area contributed by atoms with E-state index in [0.717, 1.165) is 12.8 Å². The van der Waals surface area contributed by atoms with Crippen LogP contribution in [0.1, 0.15) is 30.1 Å². The number of amides is 2. The lowest BCUT2D eigenvalue weighted by Crippen LogP contribution is -2.36. The number of nitrogen functional groups attached to an aromatic ring is 1. The van der Waals surface area contributed by atoms with Crippen LogP contribution in [-0.4, -0.2) is 35.9 Å². The fraction of sp³-hybridized carbons (Fsp3) is 0.429. The summed E-state index contributed by atoms with van der Waals surface area (Å²) < 4.78 is 5.43. The fourth-order valence-corrected chi connectivity index (χ4v) is 2.11. The zero-order valence-electron chi connectivity index (χ0n) is 11.5. The third-order valence-electron chi connectivity index (χ3n) is 3.27. The highest BCUT2D eigenvalue weighted by Gasteiger charge is 2.31. The van der Waals surface area contributed by atoms with E-state index in [-0.39, 0.29) is 23.8 Å². The number of hydrogen-bond donors (Lipinski definition) is 2. The maximum absolute atomic E-state index is 12.0. The van der Waals surface area contributed by atoms with Gasteiger partial charge in [0.1, 0.15) is 5.75 Å². The van der Waals surface area contributed by atoms with Crippen molar-refractivity contribution < 1.29 is 14.3 Å². The molecule has 0 atom stereocenters. The van der Waals surface area contributed by atoms with E-state index in [0.29, 0.717) is 18.3 Å². The summed E-state index contributed by atoms with van der Waals surface area (Å²) in [6.45, 7) is 2.48. The molecule has 1 aromatic rings. The number of carbonyl (C=O) groups excluding carboxylic acids is 2. The SMILES string of the molecule is CCN(C(=O)COc1cc(N)ccc1C(N)=O)C1CC1. The van der Waals surface area contributed by atoms with Crippen LogP contribution < -0.4 is 16.2 Å². The van der Waals surface area contributed by atoms with E-state index < -0.39 is 5.91 Å². The molecule has 20 heavy (non-hydrogen) atoms. The molecule has 0 aromatic heterocycles. The van der Waals surface area contributed by atoms with Gasteiger partial charge in [-0.1, -0.05) is 0 Å². The predicted octanol–water partition coefficient (Wildman–Crippen LogP) is 0.757. The molecule has 1 fully saturated rings. The third kappa shape index (κ3) is 3.20. The molecular weight excluding hydrogens is 258 g/mol. The Labute approximate surface area is 117 Å². The van der Waals surface area contributed by atoms with Crippen LogP contribution in [0.15, 0.2) is 18.2 Å². The van der Waals surface area contributed by atoms with Gasteiger partial charge in [0.05, 0.1) is 5.56 Å². The molecule has 0 saturated heterocycles. The van der Waals surface area contributed by atoms with E-state index >= 15 is 0 Å². The third-order valence-corrected chi connectivity index (χ3v) is 3.27. The van der Waals surface area contributed by atoms with Gasteiger partial charge in [-0.05, 0) is 31.9 Å². The number of ether oxygens (including phenoxy) is 1. The number of anilines is 1. The van der Waals surface area contributed by atoms with Gasteiger partial charge in [0.2, 0.25) is 0 Å². The largest absolute Gasteiger partial charge is 0.483 e. The van der Waals surface area contributed by atoms with Gasteiger partial charge in [-0.25, -0.2) is 0 Å². The van der Waals surface area contributed by atoms with Crippen molar-refractivity contribution in [3.63, 3.8) is 0 Å². The van der Waals surface area contributed by atoms with E-state index in [4.69, 9.17) is 16.2 Å². The second-order valence-corrected chi connectivity index (χ2v) is 4.82. The van der Waals surface area contributed by atoms with E-state index in [2.05, 4.69) is 0 Å². The van der Waals surface area contributed by atoms with Crippen LogP contribution in [-0.2, 0) is 4.79 Å². The van der Waals surface area contributed by atoms with Gasteiger partial charge in [-0.15, -0.1) is 0 Å². The summed E-state index contributed by atoms with van der Waals surface area (Å²) in [5.74, 6) is -0.451. The summed E-state index contributed by atoms with van der Waals surface area (Å²) in [4.78, 5) is 25.1. The molecule has 1 saturated carbocycles. The van der Waals surface area contributed by atoms with Crippen molar-refractivity contribution in [3.05, 3.63) is 23.8 Å². The molecule has 108 valence electrons. The molecule has 0 heterocycles. The van der Waals surface area contributed by atoms with Crippen LogP contribution >= 0.6 is 0 Å². The highest BCUT2D eigenvalue weighted by atomic mass is 16.5. The minimum absolute atomic E-state index is 0.0900. The zero-order valence-corrected chi connectivity index (χ0v) is 11.5. The van der Waals surface area contributed by atoms with Crippen molar-refractivity contribution in [3.8, 4) is 5.75 Å². The number of nitrogens with two attached hydrogens (primary N) is 2. The molecule has 0 aliphatic heterocycles. The Kier molecular flexibility index (Phi) is 4.12. The number of rotatable bonds is 6. The predicted molar refractivity (Wildman–Crippen MR) is 75.3 cm³/mol. The number of carbonyl (C=O) groups is 2. The van der Waals surface area contributed by atoms with Crippen molar-refractivity contribution >= 4 is 17.5 Å². The zero-order chi connectivity index (χ0) is 14.7. The lowest BCUT2D eigenvalue weighted by molar-refractivity contribution is -0.133. The quantitative estimate of drug-likeness (QED) is 0.750. The van der Waals surface area contributed by atoms with Crippen LogP contribution in [0.5, 0.6) is 5.75 Å². The lowest BCUT2D eigenvalue weighted by atomic mass is 10.1. The lowest BCUT2D eigenvalue weighted by Gasteiger charge is -2.20. The molecule has 2 rings (SSSR count). The molecule has 2 amide bonds. The molecule has 1 aliphatic rings. The van der Waals surface area contributed by atoms with Crippen molar-refractivity contribution in [2.45, 2.75) is 25.8 Å². The first-order valence-electron chi connectivity index (χ1n) is 6.64. The summed E-state index contributed by atoms with van der Waals surface area (Å²) >= 11 is 0. The van der Waals surface area contributed by atoms with E-state index in [9.17, 15) is 9.59 Å². The average molecular weight is 277 g/mol. The summed E-state index contributed by atoms with van der Waals surface area (Å²) in [6.07, 6.45) is 2.09.